The second kappa shape index (κ2) is 8.08. The molecule has 21 heavy (non-hydrogen) atoms. The fraction of sp³-hybridized carbons (Fsp3) is 0.375. The molecule has 1 rings (SSSR count). The maximum absolute atomic E-state index is 12.1. The lowest BCUT2D eigenvalue weighted by atomic mass is 10.0. The van der Waals surface area contributed by atoms with Gasteiger partial charge in [0, 0.05) is 17.2 Å². The van der Waals surface area contributed by atoms with Crippen molar-refractivity contribution < 1.29 is 9.59 Å². The number of carbonyl (C=O) groups excluding carboxylic acids is 2. The summed E-state index contributed by atoms with van der Waals surface area (Å²) in [6.07, 6.45) is 0. The van der Waals surface area contributed by atoms with Crippen molar-refractivity contribution in [3.8, 4) is 11.8 Å². The first-order valence-electron chi connectivity index (χ1n) is 6.81. The molecule has 112 valence electrons. The Morgan fingerprint density at radius 3 is 2.67 bits per heavy atom. The van der Waals surface area contributed by atoms with Crippen molar-refractivity contribution in [2.75, 3.05) is 13.1 Å². The molecule has 0 aliphatic carbocycles. The fourth-order valence-electron chi connectivity index (χ4n) is 1.79. The normalized spacial score (nSPS) is 9.76. The van der Waals surface area contributed by atoms with Gasteiger partial charge in [-0.2, -0.15) is 0 Å². The van der Waals surface area contributed by atoms with E-state index in [2.05, 4.69) is 22.5 Å². The van der Waals surface area contributed by atoms with E-state index in [0.717, 1.165) is 11.1 Å². The molecule has 0 bridgehead atoms. The monoisotopic (exact) mass is 287 g/mol. The topological polar surface area (TPSA) is 84.2 Å². The Morgan fingerprint density at radius 2 is 2.05 bits per heavy atom. The summed E-state index contributed by atoms with van der Waals surface area (Å²) in [5.74, 6) is 5.19. The zero-order valence-electron chi connectivity index (χ0n) is 12.6. The summed E-state index contributed by atoms with van der Waals surface area (Å²) in [6.45, 7) is 5.77. The van der Waals surface area contributed by atoms with Crippen LogP contribution in [0.15, 0.2) is 18.2 Å². The van der Waals surface area contributed by atoms with Crippen molar-refractivity contribution in [3.05, 3.63) is 34.9 Å². The highest BCUT2D eigenvalue weighted by Crippen LogP contribution is 2.12. The largest absolute Gasteiger partial charge is 0.352 e. The molecule has 0 aliphatic heterocycles. The first kappa shape index (κ1) is 16.7. The van der Waals surface area contributed by atoms with Crippen LogP contribution < -0.4 is 16.4 Å². The van der Waals surface area contributed by atoms with Gasteiger partial charge in [-0.25, -0.2) is 0 Å². The van der Waals surface area contributed by atoms with E-state index >= 15 is 0 Å². The highest BCUT2D eigenvalue weighted by molar-refractivity contribution is 5.98. The van der Waals surface area contributed by atoms with E-state index in [-0.39, 0.29) is 30.9 Å². The zero-order valence-corrected chi connectivity index (χ0v) is 12.6. The molecular formula is C16H21N3O2. The molecule has 0 atom stereocenters. The number of benzene rings is 1. The summed E-state index contributed by atoms with van der Waals surface area (Å²) < 4.78 is 0. The standard InChI is InChI=1S/C16H21N3O2/c1-11(2)19-15(20)10-18-16(21)14-8-4-6-13(12(14)3)7-5-9-17/h4,6,8,11H,9-10,17H2,1-3H3,(H,18,21)(H,19,20). The second-order valence-corrected chi connectivity index (χ2v) is 4.89. The molecular weight excluding hydrogens is 266 g/mol. The Labute approximate surface area is 125 Å². The number of nitrogens with two attached hydrogens (primary N) is 1. The van der Waals surface area contributed by atoms with Crippen molar-refractivity contribution in [1.82, 2.24) is 10.6 Å². The first-order chi connectivity index (χ1) is 9.95. The van der Waals surface area contributed by atoms with Gasteiger partial charge in [0.15, 0.2) is 0 Å². The Morgan fingerprint density at radius 1 is 1.33 bits per heavy atom. The maximum atomic E-state index is 12.1. The van der Waals surface area contributed by atoms with E-state index in [1.165, 1.54) is 0 Å². The van der Waals surface area contributed by atoms with Gasteiger partial charge < -0.3 is 16.4 Å². The molecule has 0 unspecified atom stereocenters. The van der Waals surface area contributed by atoms with Gasteiger partial charge in [0.25, 0.3) is 5.91 Å². The summed E-state index contributed by atoms with van der Waals surface area (Å²) in [5, 5.41) is 5.32. The molecule has 4 N–H and O–H groups in total. The van der Waals surface area contributed by atoms with Crippen LogP contribution in [0.25, 0.3) is 0 Å². The van der Waals surface area contributed by atoms with Crippen molar-refractivity contribution in [2.45, 2.75) is 26.8 Å². The molecule has 1 aromatic rings. The molecule has 5 nitrogen and oxygen atoms in total. The highest BCUT2D eigenvalue weighted by Gasteiger charge is 2.12. The number of hydrogen-bond donors (Lipinski definition) is 3. The van der Waals surface area contributed by atoms with Gasteiger partial charge in [-0.15, -0.1) is 0 Å². The number of nitrogens with one attached hydrogen (secondary N) is 2. The Balaban J connectivity index is 2.77. The minimum Gasteiger partial charge on any atom is -0.352 e. The molecule has 0 heterocycles. The summed E-state index contributed by atoms with van der Waals surface area (Å²) in [6, 6.07) is 5.35. The van der Waals surface area contributed by atoms with Gasteiger partial charge in [0.1, 0.15) is 0 Å². The van der Waals surface area contributed by atoms with Crippen LogP contribution >= 0.6 is 0 Å². The van der Waals surface area contributed by atoms with Crippen LogP contribution in [0.2, 0.25) is 0 Å². The first-order valence-corrected chi connectivity index (χ1v) is 6.81. The summed E-state index contributed by atoms with van der Waals surface area (Å²) >= 11 is 0. The summed E-state index contributed by atoms with van der Waals surface area (Å²) in [4.78, 5) is 23.6. The van der Waals surface area contributed by atoms with Gasteiger partial charge in [-0.3, -0.25) is 9.59 Å². The second-order valence-electron chi connectivity index (χ2n) is 4.89. The number of carbonyl (C=O) groups is 2. The smallest absolute Gasteiger partial charge is 0.252 e. The van der Waals surface area contributed by atoms with E-state index in [1.54, 1.807) is 12.1 Å². The van der Waals surface area contributed by atoms with E-state index in [4.69, 9.17) is 5.73 Å². The number of hydrogen-bond acceptors (Lipinski definition) is 3. The molecule has 0 spiro atoms. The van der Waals surface area contributed by atoms with E-state index < -0.39 is 0 Å². The average molecular weight is 287 g/mol. The van der Waals surface area contributed by atoms with Gasteiger partial charge in [0.2, 0.25) is 5.91 Å². The molecule has 0 aromatic heterocycles. The summed E-state index contributed by atoms with van der Waals surface area (Å²) in [5.41, 5.74) is 7.40. The lowest BCUT2D eigenvalue weighted by molar-refractivity contribution is -0.120. The minimum atomic E-state index is -0.289. The van der Waals surface area contributed by atoms with Crippen LogP contribution in [0.5, 0.6) is 0 Å². The Hall–Kier alpha value is -2.32. The zero-order chi connectivity index (χ0) is 15.8. The third-order valence-corrected chi connectivity index (χ3v) is 2.76. The molecule has 0 radical (unpaired) electrons. The van der Waals surface area contributed by atoms with Crippen molar-refractivity contribution in [2.24, 2.45) is 5.73 Å². The van der Waals surface area contributed by atoms with Crippen molar-refractivity contribution in [1.29, 1.82) is 0 Å². The van der Waals surface area contributed by atoms with Crippen LogP contribution in [0.1, 0.15) is 35.3 Å². The van der Waals surface area contributed by atoms with Crippen LogP contribution in [0.4, 0.5) is 0 Å². The average Bonchev–Trinajstić information content (AvgIpc) is 2.43. The predicted octanol–water partition coefficient (Wildman–Crippen LogP) is 0.560. The SMILES string of the molecule is Cc1c(C#CCN)cccc1C(=O)NCC(=O)NC(C)C. The van der Waals surface area contributed by atoms with Gasteiger partial charge >= 0.3 is 0 Å². The fourth-order valence-corrected chi connectivity index (χ4v) is 1.79. The third-order valence-electron chi connectivity index (χ3n) is 2.76. The minimum absolute atomic E-state index is 0.0465. The van der Waals surface area contributed by atoms with Gasteiger partial charge in [0.05, 0.1) is 13.1 Å². The third kappa shape index (κ3) is 5.28. The highest BCUT2D eigenvalue weighted by atomic mass is 16.2. The predicted molar refractivity (Wildman–Crippen MR) is 82.7 cm³/mol. The van der Waals surface area contributed by atoms with Crippen LogP contribution in [-0.4, -0.2) is 30.9 Å². The van der Waals surface area contributed by atoms with Crippen LogP contribution in [0.3, 0.4) is 0 Å². The molecule has 5 heteroatoms. The maximum Gasteiger partial charge on any atom is 0.252 e. The Kier molecular flexibility index (Phi) is 6.44. The van der Waals surface area contributed by atoms with Crippen molar-refractivity contribution in [3.63, 3.8) is 0 Å². The molecule has 2 amide bonds. The number of rotatable bonds is 4. The van der Waals surface area contributed by atoms with E-state index in [1.807, 2.05) is 26.8 Å². The molecule has 1 aromatic carbocycles. The molecule has 0 aliphatic rings. The van der Waals surface area contributed by atoms with Crippen molar-refractivity contribution >= 4 is 11.8 Å². The lowest BCUT2D eigenvalue weighted by Crippen LogP contribution is -2.40. The molecule has 0 fully saturated rings. The van der Waals surface area contributed by atoms with Gasteiger partial charge in [-0.05, 0) is 38.5 Å². The number of amides is 2. The van der Waals surface area contributed by atoms with Gasteiger partial charge in [-0.1, -0.05) is 17.9 Å². The van der Waals surface area contributed by atoms with E-state index in [0.29, 0.717) is 5.56 Å². The quantitative estimate of drug-likeness (QED) is 0.707. The molecule has 0 saturated heterocycles. The lowest BCUT2D eigenvalue weighted by Gasteiger charge is -2.11. The summed E-state index contributed by atoms with van der Waals surface area (Å²) in [7, 11) is 0. The Bertz CT molecular complexity index is 583. The van der Waals surface area contributed by atoms with Crippen LogP contribution in [0, 0.1) is 18.8 Å². The van der Waals surface area contributed by atoms with Crippen LogP contribution in [-0.2, 0) is 4.79 Å². The van der Waals surface area contributed by atoms with E-state index in [9.17, 15) is 9.59 Å². The molecule has 0 saturated carbocycles.